The minimum absolute atomic E-state index is 0.0745. The summed E-state index contributed by atoms with van der Waals surface area (Å²) in [6, 6.07) is 5.23. The highest BCUT2D eigenvalue weighted by molar-refractivity contribution is 9.10. The minimum Gasteiger partial charge on any atom is -0.354 e. The zero-order valence-electron chi connectivity index (χ0n) is 12.8. The number of carbonyl (C=O) groups is 2. The molecule has 0 aliphatic heterocycles. The summed E-state index contributed by atoms with van der Waals surface area (Å²) in [5.74, 6) is -0.0745. The molecule has 0 bridgehead atoms. The van der Waals surface area contributed by atoms with Crippen LogP contribution in [-0.4, -0.2) is 24.0 Å². The molecule has 116 valence electrons. The fourth-order valence-corrected chi connectivity index (χ4v) is 2.17. The first-order valence-corrected chi connectivity index (χ1v) is 7.70. The number of nitrogens with one attached hydrogen (secondary N) is 3. The number of urea groups is 1. The van der Waals surface area contributed by atoms with Crippen LogP contribution >= 0.6 is 15.9 Å². The number of amides is 3. The third-order valence-electron chi connectivity index (χ3n) is 2.69. The van der Waals surface area contributed by atoms with Gasteiger partial charge in [0.2, 0.25) is 5.91 Å². The summed E-state index contributed by atoms with van der Waals surface area (Å²) < 4.78 is 0.813. The Labute approximate surface area is 134 Å². The molecule has 1 rings (SSSR count). The molecular formula is C15H22BrN3O2. The van der Waals surface area contributed by atoms with E-state index >= 15 is 0 Å². The molecule has 6 heteroatoms. The van der Waals surface area contributed by atoms with E-state index in [-0.39, 0.29) is 30.4 Å². The Hall–Kier alpha value is -1.56. The van der Waals surface area contributed by atoms with Gasteiger partial charge in [-0.15, -0.1) is 0 Å². The quantitative estimate of drug-likeness (QED) is 0.758. The molecule has 1 aromatic carbocycles. The second-order valence-corrected chi connectivity index (χ2v) is 6.26. The van der Waals surface area contributed by atoms with Crippen LogP contribution in [0.4, 0.5) is 10.5 Å². The Bertz CT molecular complexity index is 518. The van der Waals surface area contributed by atoms with E-state index in [9.17, 15) is 9.59 Å². The van der Waals surface area contributed by atoms with E-state index < -0.39 is 0 Å². The van der Waals surface area contributed by atoms with Gasteiger partial charge in [-0.1, -0.05) is 6.07 Å². The summed E-state index contributed by atoms with van der Waals surface area (Å²) in [7, 11) is 0. The molecule has 0 fully saturated rings. The molecule has 0 saturated heterocycles. The van der Waals surface area contributed by atoms with E-state index in [0.717, 1.165) is 10.0 Å². The summed E-state index contributed by atoms with van der Waals surface area (Å²) in [5, 5.41) is 8.31. The Kier molecular flexibility index (Phi) is 6.68. The van der Waals surface area contributed by atoms with Crippen molar-refractivity contribution in [1.82, 2.24) is 10.6 Å². The molecule has 0 spiro atoms. The molecule has 0 aliphatic rings. The van der Waals surface area contributed by atoms with Gasteiger partial charge in [0.1, 0.15) is 0 Å². The normalized spacial score (nSPS) is 11.9. The summed E-state index contributed by atoms with van der Waals surface area (Å²) in [6.45, 7) is 7.55. The summed E-state index contributed by atoms with van der Waals surface area (Å²) in [6.07, 6.45) is 0.251. The third kappa shape index (κ3) is 6.62. The monoisotopic (exact) mass is 355 g/mol. The van der Waals surface area contributed by atoms with Crippen molar-refractivity contribution in [3.63, 3.8) is 0 Å². The highest BCUT2D eigenvalue weighted by Crippen LogP contribution is 2.23. The van der Waals surface area contributed by atoms with Crippen molar-refractivity contribution in [3.05, 3.63) is 28.2 Å². The van der Waals surface area contributed by atoms with E-state index in [1.165, 1.54) is 0 Å². The number of aryl methyl sites for hydroxylation is 1. The first-order chi connectivity index (χ1) is 9.77. The van der Waals surface area contributed by atoms with Gasteiger partial charge < -0.3 is 16.0 Å². The number of carbonyl (C=O) groups excluding carboxylic acids is 2. The van der Waals surface area contributed by atoms with Crippen molar-refractivity contribution >= 4 is 33.6 Å². The molecule has 0 radical (unpaired) electrons. The van der Waals surface area contributed by atoms with Gasteiger partial charge in [0.15, 0.2) is 0 Å². The van der Waals surface area contributed by atoms with Crippen molar-refractivity contribution < 1.29 is 9.59 Å². The molecule has 3 N–H and O–H groups in total. The molecule has 0 aliphatic carbocycles. The van der Waals surface area contributed by atoms with Gasteiger partial charge in [0.25, 0.3) is 0 Å². The maximum Gasteiger partial charge on any atom is 0.319 e. The predicted molar refractivity (Wildman–Crippen MR) is 88.4 cm³/mol. The number of rotatable bonds is 5. The van der Waals surface area contributed by atoms with Gasteiger partial charge in [-0.2, -0.15) is 0 Å². The smallest absolute Gasteiger partial charge is 0.319 e. The number of halogens is 1. The van der Waals surface area contributed by atoms with Crippen LogP contribution in [-0.2, 0) is 4.79 Å². The zero-order valence-corrected chi connectivity index (χ0v) is 14.4. The van der Waals surface area contributed by atoms with Crippen LogP contribution in [0, 0.1) is 6.92 Å². The van der Waals surface area contributed by atoms with E-state index in [1.807, 2.05) is 39.0 Å². The van der Waals surface area contributed by atoms with Crippen LogP contribution < -0.4 is 16.0 Å². The minimum atomic E-state index is -0.328. The van der Waals surface area contributed by atoms with Gasteiger partial charge in [-0.25, -0.2) is 4.79 Å². The Morgan fingerprint density at radius 2 is 1.86 bits per heavy atom. The van der Waals surface area contributed by atoms with Crippen molar-refractivity contribution in [2.24, 2.45) is 0 Å². The number of hydrogen-bond donors (Lipinski definition) is 3. The van der Waals surface area contributed by atoms with E-state index in [1.54, 1.807) is 6.92 Å². The molecule has 5 nitrogen and oxygen atoms in total. The number of benzene rings is 1. The standard InChI is InChI=1S/C15H22BrN3O2/c1-9(2)17-14(20)8-11(4)18-15(21)19-13-7-10(3)5-6-12(13)16/h5-7,9,11H,8H2,1-4H3,(H,17,20)(H2,18,19,21)/t11-/m0/s1. The van der Waals surface area contributed by atoms with Crippen LogP contribution in [0.2, 0.25) is 0 Å². The molecule has 3 amide bonds. The highest BCUT2D eigenvalue weighted by atomic mass is 79.9. The zero-order chi connectivity index (χ0) is 16.0. The summed E-state index contributed by atoms with van der Waals surface area (Å²) in [5.41, 5.74) is 1.75. The summed E-state index contributed by atoms with van der Waals surface area (Å²) >= 11 is 3.39. The lowest BCUT2D eigenvalue weighted by Crippen LogP contribution is -2.40. The van der Waals surface area contributed by atoms with Crippen LogP contribution in [0.15, 0.2) is 22.7 Å². The predicted octanol–water partition coefficient (Wildman–Crippen LogP) is 3.18. The van der Waals surface area contributed by atoms with Gasteiger partial charge in [0, 0.05) is 23.0 Å². The largest absolute Gasteiger partial charge is 0.354 e. The molecule has 0 unspecified atom stereocenters. The molecule has 0 heterocycles. The molecule has 1 aromatic rings. The maximum absolute atomic E-state index is 11.9. The maximum atomic E-state index is 11.9. The number of anilines is 1. The topological polar surface area (TPSA) is 70.2 Å². The van der Waals surface area contributed by atoms with Gasteiger partial charge in [0.05, 0.1) is 5.69 Å². The molecule has 21 heavy (non-hydrogen) atoms. The fraction of sp³-hybridized carbons (Fsp3) is 0.467. The van der Waals surface area contributed by atoms with Crippen molar-refractivity contribution in [2.75, 3.05) is 5.32 Å². The lowest BCUT2D eigenvalue weighted by Gasteiger charge is -2.16. The third-order valence-corrected chi connectivity index (χ3v) is 3.38. The van der Waals surface area contributed by atoms with Gasteiger partial charge >= 0.3 is 6.03 Å². The Morgan fingerprint density at radius 1 is 1.19 bits per heavy atom. The first kappa shape index (κ1) is 17.5. The molecule has 0 saturated carbocycles. The lowest BCUT2D eigenvalue weighted by atomic mass is 10.2. The van der Waals surface area contributed by atoms with E-state index in [0.29, 0.717) is 5.69 Å². The number of hydrogen-bond acceptors (Lipinski definition) is 2. The Balaban J connectivity index is 2.49. The van der Waals surface area contributed by atoms with Crippen LogP contribution in [0.3, 0.4) is 0 Å². The highest BCUT2D eigenvalue weighted by Gasteiger charge is 2.13. The SMILES string of the molecule is Cc1ccc(Br)c(NC(=O)N[C@@H](C)CC(=O)NC(C)C)c1. The molecule has 1 atom stereocenters. The first-order valence-electron chi connectivity index (χ1n) is 6.91. The second kappa shape index (κ2) is 8.02. The second-order valence-electron chi connectivity index (χ2n) is 5.41. The van der Waals surface area contributed by atoms with Crippen LogP contribution in [0.25, 0.3) is 0 Å². The van der Waals surface area contributed by atoms with Crippen LogP contribution in [0.5, 0.6) is 0 Å². The van der Waals surface area contributed by atoms with Gasteiger partial charge in [-0.3, -0.25) is 4.79 Å². The molecule has 0 aromatic heterocycles. The van der Waals surface area contributed by atoms with Gasteiger partial charge in [-0.05, 0) is 61.3 Å². The van der Waals surface area contributed by atoms with Crippen LogP contribution in [0.1, 0.15) is 32.8 Å². The average Bonchev–Trinajstić information content (AvgIpc) is 2.32. The Morgan fingerprint density at radius 3 is 2.48 bits per heavy atom. The van der Waals surface area contributed by atoms with Crippen molar-refractivity contribution in [2.45, 2.75) is 46.2 Å². The molecular weight excluding hydrogens is 334 g/mol. The summed E-state index contributed by atoms with van der Waals surface area (Å²) in [4.78, 5) is 23.5. The van der Waals surface area contributed by atoms with E-state index in [2.05, 4.69) is 31.9 Å². The van der Waals surface area contributed by atoms with Crippen molar-refractivity contribution in [3.8, 4) is 0 Å². The van der Waals surface area contributed by atoms with E-state index in [4.69, 9.17) is 0 Å². The van der Waals surface area contributed by atoms with Crippen molar-refractivity contribution in [1.29, 1.82) is 0 Å². The fourth-order valence-electron chi connectivity index (χ4n) is 1.83. The lowest BCUT2D eigenvalue weighted by molar-refractivity contribution is -0.121. The average molecular weight is 356 g/mol.